The number of hydrogen-bond acceptors (Lipinski definition) is 6. The molecule has 0 amide bonds. The van der Waals surface area contributed by atoms with Gasteiger partial charge in [-0.25, -0.2) is 14.1 Å². The van der Waals surface area contributed by atoms with Crippen molar-refractivity contribution < 1.29 is 9.31 Å². The van der Waals surface area contributed by atoms with Crippen LogP contribution in [0.2, 0.25) is 0 Å². The number of thiazole rings is 1. The van der Waals surface area contributed by atoms with Crippen LogP contribution in [0.5, 0.6) is 0 Å². The Morgan fingerprint density at radius 3 is 2.34 bits per heavy atom. The Morgan fingerprint density at radius 1 is 1.03 bits per heavy atom. The summed E-state index contributed by atoms with van der Waals surface area (Å²) in [5, 5.41) is 26.3. The van der Waals surface area contributed by atoms with Gasteiger partial charge in [-0.3, -0.25) is 10.1 Å². The lowest BCUT2D eigenvalue weighted by Gasteiger charge is -2.04. The lowest BCUT2D eigenvalue weighted by atomic mass is 10.1. The second-order valence-corrected chi connectivity index (χ2v) is 7.42. The minimum atomic E-state index is -0.455. The first-order valence-corrected chi connectivity index (χ1v) is 10.2. The third-order valence-corrected chi connectivity index (χ3v) is 5.29. The van der Waals surface area contributed by atoms with Gasteiger partial charge in [0, 0.05) is 23.1 Å². The van der Waals surface area contributed by atoms with Crippen LogP contribution < -0.4 is 4.80 Å². The van der Waals surface area contributed by atoms with Gasteiger partial charge in [0.2, 0.25) is 4.80 Å². The largest absolute Gasteiger partial charge is 0.269 e. The highest BCUT2D eigenvalue weighted by molar-refractivity contribution is 7.07. The van der Waals surface area contributed by atoms with Crippen molar-refractivity contribution in [3.63, 3.8) is 0 Å². The lowest BCUT2D eigenvalue weighted by molar-refractivity contribution is -0.384. The highest BCUT2D eigenvalue weighted by Crippen LogP contribution is 2.23. The van der Waals surface area contributed by atoms with Crippen molar-refractivity contribution in [2.75, 3.05) is 0 Å². The normalized spacial score (nSPS) is 11.6. The maximum Gasteiger partial charge on any atom is 0.269 e. The van der Waals surface area contributed by atoms with E-state index in [4.69, 9.17) is 5.26 Å². The van der Waals surface area contributed by atoms with Crippen LogP contribution in [0.3, 0.4) is 0 Å². The Bertz CT molecular complexity index is 1400. The molecule has 0 saturated heterocycles. The molecule has 1 aromatic heterocycles. The minimum absolute atomic E-state index is 0.00663. The van der Waals surface area contributed by atoms with Crippen molar-refractivity contribution in [3.8, 4) is 17.3 Å². The quantitative estimate of drug-likeness (QED) is 0.239. The predicted molar refractivity (Wildman–Crippen MR) is 120 cm³/mol. The fourth-order valence-corrected chi connectivity index (χ4v) is 3.69. The van der Waals surface area contributed by atoms with Crippen molar-refractivity contribution >= 4 is 28.9 Å². The first-order chi connectivity index (χ1) is 15.5. The van der Waals surface area contributed by atoms with E-state index in [1.807, 2.05) is 5.38 Å². The Hall–Kier alpha value is -4.42. The molecular weight excluding hydrogens is 429 g/mol. The van der Waals surface area contributed by atoms with Crippen LogP contribution in [0.4, 0.5) is 15.8 Å². The number of benzene rings is 3. The highest BCUT2D eigenvalue weighted by Gasteiger charge is 2.10. The third-order valence-electron chi connectivity index (χ3n) is 4.47. The van der Waals surface area contributed by atoms with Crippen molar-refractivity contribution in [1.82, 2.24) is 4.68 Å². The van der Waals surface area contributed by atoms with Crippen LogP contribution in [-0.4, -0.2) is 15.8 Å². The molecule has 0 fully saturated rings. The number of nitriles is 1. The summed E-state index contributed by atoms with van der Waals surface area (Å²) in [7, 11) is 0. The van der Waals surface area contributed by atoms with E-state index >= 15 is 0 Å². The average Bonchev–Trinajstić information content (AvgIpc) is 3.21. The van der Waals surface area contributed by atoms with E-state index < -0.39 is 4.92 Å². The molecule has 4 rings (SSSR count). The summed E-state index contributed by atoms with van der Waals surface area (Å²) in [4.78, 5) is 15.6. The Morgan fingerprint density at radius 2 is 1.72 bits per heavy atom. The van der Waals surface area contributed by atoms with Gasteiger partial charge in [0.05, 0.1) is 34.2 Å². The molecule has 0 radical (unpaired) electrons. The van der Waals surface area contributed by atoms with Crippen LogP contribution in [0.25, 0.3) is 11.3 Å². The molecule has 0 unspecified atom stereocenters. The van der Waals surface area contributed by atoms with E-state index in [0.29, 0.717) is 21.7 Å². The van der Waals surface area contributed by atoms with Crippen LogP contribution in [0, 0.1) is 27.3 Å². The summed E-state index contributed by atoms with van der Waals surface area (Å²) >= 11 is 1.33. The Balaban J connectivity index is 1.80. The predicted octanol–water partition coefficient (Wildman–Crippen LogP) is 5.25. The second kappa shape index (κ2) is 9.16. The molecule has 3 aromatic carbocycles. The van der Waals surface area contributed by atoms with Gasteiger partial charge in [0.25, 0.3) is 5.69 Å². The van der Waals surface area contributed by atoms with E-state index in [2.05, 4.69) is 16.2 Å². The van der Waals surface area contributed by atoms with E-state index in [1.165, 1.54) is 35.6 Å². The van der Waals surface area contributed by atoms with E-state index in [9.17, 15) is 14.5 Å². The number of halogens is 1. The molecule has 156 valence electrons. The maximum absolute atomic E-state index is 13.2. The molecule has 0 saturated carbocycles. The highest BCUT2D eigenvalue weighted by atomic mass is 32.1. The molecule has 32 heavy (non-hydrogen) atoms. The average molecular weight is 443 g/mol. The molecule has 7 nitrogen and oxygen atoms in total. The molecule has 0 aliphatic rings. The third kappa shape index (κ3) is 4.66. The van der Waals surface area contributed by atoms with Gasteiger partial charge in [-0.2, -0.15) is 10.4 Å². The van der Waals surface area contributed by atoms with Gasteiger partial charge in [0.15, 0.2) is 0 Å². The molecule has 0 atom stereocenters. The summed E-state index contributed by atoms with van der Waals surface area (Å²) in [5.74, 6) is -0.353. The van der Waals surface area contributed by atoms with Gasteiger partial charge in [0.1, 0.15) is 5.82 Å². The zero-order chi connectivity index (χ0) is 22.5. The summed E-state index contributed by atoms with van der Waals surface area (Å²) in [5.41, 5.74) is 3.30. The Labute approximate surface area is 185 Å². The molecule has 0 aliphatic heterocycles. The Kier molecular flexibility index (Phi) is 5.96. The van der Waals surface area contributed by atoms with Crippen molar-refractivity contribution in [1.29, 1.82) is 5.26 Å². The number of nitro groups is 1. The van der Waals surface area contributed by atoms with Crippen molar-refractivity contribution in [3.05, 3.63) is 110 Å². The van der Waals surface area contributed by atoms with Crippen LogP contribution in [0.1, 0.15) is 11.1 Å². The molecule has 0 spiro atoms. The lowest BCUT2D eigenvalue weighted by Crippen LogP contribution is -2.11. The SMILES string of the molecule is N#Cc1ccc(C=Nn2c(-c3ccc([N+](=O)[O-])cc3)csc2=Nc2ccc(F)cc2)cc1. The summed E-state index contributed by atoms with van der Waals surface area (Å²) in [6.07, 6.45) is 1.63. The number of rotatable bonds is 5. The smallest absolute Gasteiger partial charge is 0.258 e. The summed E-state index contributed by atoms with van der Waals surface area (Å²) < 4.78 is 14.9. The fourth-order valence-electron chi connectivity index (χ4n) is 2.84. The molecule has 9 heteroatoms. The number of non-ortho nitro benzene ring substituents is 1. The second-order valence-electron chi connectivity index (χ2n) is 6.59. The molecule has 1 heterocycles. The summed E-state index contributed by atoms with van der Waals surface area (Å²) in [6, 6.07) is 20.9. The van der Waals surface area contributed by atoms with Gasteiger partial charge < -0.3 is 0 Å². The fraction of sp³-hybridized carbons (Fsp3) is 0. The van der Waals surface area contributed by atoms with E-state index in [-0.39, 0.29) is 11.5 Å². The minimum Gasteiger partial charge on any atom is -0.258 e. The van der Waals surface area contributed by atoms with E-state index in [1.54, 1.807) is 59.4 Å². The van der Waals surface area contributed by atoms with Crippen LogP contribution in [-0.2, 0) is 0 Å². The van der Waals surface area contributed by atoms with Crippen molar-refractivity contribution in [2.45, 2.75) is 0 Å². The molecule has 0 aliphatic carbocycles. The zero-order valence-corrected chi connectivity index (χ0v) is 17.2. The maximum atomic E-state index is 13.2. The number of hydrogen-bond donors (Lipinski definition) is 0. The van der Waals surface area contributed by atoms with Gasteiger partial charge in [-0.1, -0.05) is 12.1 Å². The number of nitrogens with zero attached hydrogens (tertiary/aromatic N) is 5. The van der Waals surface area contributed by atoms with E-state index in [0.717, 1.165) is 11.1 Å². The van der Waals surface area contributed by atoms with Crippen LogP contribution >= 0.6 is 11.3 Å². The number of aromatic nitrogens is 1. The van der Waals surface area contributed by atoms with Crippen molar-refractivity contribution in [2.24, 2.45) is 10.1 Å². The molecule has 4 aromatic rings. The standard InChI is InChI=1S/C23H14FN5O2S/c24-19-7-9-20(10-8-19)27-23-28(26-14-17-3-1-16(13-25)2-4-17)22(15-32-23)18-5-11-21(12-6-18)29(30)31/h1-12,14-15H. The molecule has 0 bridgehead atoms. The molecule has 0 N–H and O–H groups in total. The zero-order valence-electron chi connectivity index (χ0n) is 16.4. The first-order valence-electron chi connectivity index (χ1n) is 9.34. The monoisotopic (exact) mass is 443 g/mol. The van der Waals surface area contributed by atoms with Gasteiger partial charge in [-0.15, -0.1) is 11.3 Å². The first kappa shape index (κ1) is 20.8. The van der Waals surface area contributed by atoms with Gasteiger partial charge in [-0.05, 0) is 54.1 Å². The van der Waals surface area contributed by atoms with Gasteiger partial charge >= 0.3 is 0 Å². The number of nitro benzene ring substituents is 1. The topological polar surface area (TPSA) is 96.6 Å². The molecular formula is C23H14FN5O2S. The summed E-state index contributed by atoms with van der Waals surface area (Å²) in [6.45, 7) is 0. The van der Waals surface area contributed by atoms with Crippen LogP contribution in [0.15, 0.2) is 88.3 Å².